The topological polar surface area (TPSA) is 73.3 Å². The summed E-state index contributed by atoms with van der Waals surface area (Å²) in [6, 6.07) is 0. The van der Waals surface area contributed by atoms with Gasteiger partial charge in [0.15, 0.2) is 0 Å². The number of fused-ring (bicyclic) bond motifs is 1. The van der Waals surface area contributed by atoms with E-state index in [9.17, 15) is 23.1 Å². The molecule has 0 saturated heterocycles. The molecule has 0 aliphatic heterocycles. The number of aliphatic hydroxyl groups excluding tert-OH is 1. The van der Waals surface area contributed by atoms with Crippen LogP contribution in [0.4, 0.5) is 13.2 Å². The van der Waals surface area contributed by atoms with Crippen LogP contribution >= 0.6 is 0 Å². The summed E-state index contributed by atoms with van der Waals surface area (Å²) in [5, 5.41) is 18.1. The molecular formula is C9H8F3NO3. The van der Waals surface area contributed by atoms with Gasteiger partial charge in [0.2, 0.25) is 0 Å². The smallest absolute Gasteiger partial charge is 0.419 e. The van der Waals surface area contributed by atoms with Crippen LogP contribution in [-0.4, -0.2) is 21.2 Å². The highest BCUT2D eigenvalue weighted by molar-refractivity contribution is 5.88. The molecule has 0 spiro atoms. The van der Waals surface area contributed by atoms with Crippen molar-refractivity contribution in [2.45, 2.75) is 25.1 Å². The summed E-state index contributed by atoms with van der Waals surface area (Å²) in [5.41, 5.74) is -2.29. The van der Waals surface area contributed by atoms with E-state index in [-0.39, 0.29) is 24.1 Å². The quantitative estimate of drug-likeness (QED) is 0.693. The van der Waals surface area contributed by atoms with Crippen molar-refractivity contribution in [1.29, 1.82) is 0 Å². The highest BCUT2D eigenvalue weighted by Crippen LogP contribution is 2.43. The molecule has 0 radical (unpaired) electrons. The minimum atomic E-state index is -4.77. The van der Waals surface area contributed by atoms with Crippen molar-refractivity contribution in [2.24, 2.45) is 0 Å². The lowest BCUT2D eigenvalue weighted by Gasteiger charge is -2.10. The molecule has 1 aliphatic rings. The molecule has 0 saturated carbocycles. The van der Waals surface area contributed by atoms with Crippen LogP contribution in [0.15, 0.2) is 0 Å². The highest BCUT2D eigenvalue weighted by atomic mass is 19.4. The van der Waals surface area contributed by atoms with Gasteiger partial charge in [-0.25, -0.2) is 4.79 Å². The van der Waals surface area contributed by atoms with E-state index in [4.69, 9.17) is 5.11 Å². The number of aromatic carboxylic acids is 1. The summed E-state index contributed by atoms with van der Waals surface area (Å²) in [6.45, 7) is 0. The molecule has 2 rings (SSSR count). The molecular weight excluding hydrogens is 227 g/mol. The van der Waals surface area contributed by atoms with Gasteiger partial charge in [0.25, 0.3) is 0 Å². The van der Waals surface area contributed by atoms with E-state index in [2.05, 4.69) is 4.98 Å². The highest BCUT2D eigenvalue weighted by Gasteiger charge is 2.44. The van der Waals surface area contributed by atoms with Crippen molar-refractivity contribution >= 4 is 5.97 Å². The molecule has 3 N–H and O–H groups in total. The van der Waals surface area contributed by atoms with Gasteiger partial charge in [-0.3, -0.25) is 0 Å². The van der Waals surface area contributed by atoms with Gasteiger partial charge >= 0.3 is 12.1 Å². The number of hydrogen-bond acceptors (Lipinski definition) is 2. The second kappa shape index (κ2) is 3.24. The maximum Gasteiger partial charge on any atom is 0.419 e. The SMILES string of the molecule is O=C(O)c1[nH]c2c(c1C(F)(F)F)C(O)CC2. The van der Waals surface area contributed by atoms with Crippen LogP contribution in [0, 0.1) is 0 Å². The second-order valence-electron chi connectivity index (χ2n) is 3.62. The predicted molar refractivity (Wildman–Crippen MR) is 46.0 cm³/mol. The Balaban J connectivity index is 2.67. The number of rotatable bonds is 1. The molecule has 1 aromatic heterocycles. The third kappa shape index (κ3) is 1.47. The van der Waals surface area contributed by atoms with Gasteiger partial charge in [-0.05, 0) is 12.8 Å². The van der Waals surface area contributed by atoms with Crippen molar-refractivity contribution < 1.29 is 28.2 Å². The molecule has 0 bridgehead atoms. The Morgan fingerprint density at radius 3 is 2.56 bits per heavy atom. The molecule has 1 heterocycles. The summed E-state index contributed by atoms with van der Waals surface area (Å²) in [4.78, 5) is 12.9. The number of nitrogens with one attached hydrogen (secondary N) is 1. The number of halogens is 3. The minimum Gasteiger partial charge on any atom is -0.477 e. The number of aromatic amines is 1. The van der Waals surface area contributed by atoms with Crippen LogP contribution in [-0.2, 0) is 12.6 Å². The van der Waals surface area contributed by atoms with Gasteiger partial charge in [0.05, 0.1) is 11.7 Å². The lowest BCUT2D eigenvalue weighted by atomic mass is 10.1. The van der Waals surface area contributed by atoms with Crippen LogP contribution in [0.2, 0.25) is 0 Å². The zero-order valence-electron chi connectivity index (χ0n) is 7.93. The zero-order chi connectivity index (χ0) is 12.1. The number of alkyl halides is 3. The van der Waals surface area contributed by atoms with Crippen LogP contribution in [0.25, 0.3) is 0 Å². The molecule has 0 aromatic carbocycles. The number of carbonyl (C=O) groups is 1. The molecule has 1 atom stereocenters. The molecule has 4 nitrogen and oxygen atoms in total. The lowest BCUT2D eigenvalue weighted by Crippen LogP contribution is -2.14. The van der Waals surface area contributed by atoms with E-state index in [0.29, 0.717) is 0 Å². The maximum absolute atomic E-state index is 12.7. The van der Waals surface area contributed by atoms with Crippen LogP contribution < -0.4 is 0 Å². The van der Waals surface area contributed by atoms with Gasteiger partial charge in [-0.2, -0.15) is 13.2 Å². The predicted octanol–water partition coefficient (Wildman–Crippen LogP) is 1.71. The fourth-order valence-electron chi connectivity index (χ4n) is 2.01. The van der Waals surface area contributed by atoms with E-state index >= 15 is 0 Å². The van der Waals surface area contributed by atoms with Gasteiger partial charge in [0.1, 0.15) is 5.69 Å². The number of aliphatic hydroxyl groups is 1. The lowest BCUT2D eigenvalue weighted by molar-refractivity contribution is -0.139. The third-order valence-corrected chi connectivity index (χ3v) is 2.62. The summed E-state index contributed by atoms with van der Waals surface area (Å²) in [6.07, 6.45) is -5.60. The number of aryl methyl sites for hydroxylation is 1. The summed E-state index contributed by atoms with van der Waals surface area (Å²) in [7, 11) is 0. The van der Waals surface area contributed by atoms with Gasteiger partial charge in [-0.1, -0.05) is 0 Å². The second-order valence-corrected chi connectivity index (χ2v) is 3.62. The molecule has 1 unspecified atom stereocenters. The van der Waals surface area contributed by atoms with Gasteiger partial charge < -0.3 is 15.2 Å². The number of H-pyrrole nitrogens is 1. The average Bonchev–Trinajstić information content (AvgIpc) is 2.64. The number of carboxylic acid groups (broad SMARTS) is 1. The Bertz CT molecular complexity index is 450. The minimum absolute atomic E-state index is 0.164. The Morgan fingerprint density at radius 1 is 1.44 bits per heavy atom. The van der Waals surface area contributed by atoms with E-state index in [1.54, 1.807) is 0 Å². The van der Waals surface area contributed by atoms with Crippen molar-refractivity contribution in [3.05, 3.63) is 22.5 Å². The molecule has 0 amide bonds. The number of carboxylic acids is 1. The monoisotopic (exact) mass is 235 g/mol. The van der Waals surface area contributed by atoms with Crippen LogP contribution in [0.5, 0.6) is 0 Å². The number of aromatic nitrogens is 1. The van der Waals surface area contributed by atoms with E-state index < -0.39 is 29.5 Å². The van der Waals surface area contributed by atoms with E-state index in [1.165, 1.54) is 0 Å². The fraction of sp³-hybridized carbons (Fsp3) is 0.444. The first kappa shape index (κ1) is 11.0. The molecule has 1 aliphatic carbocycles. The Labute approximate surface area is 87.7 Å². The molecule has 88 valence electrons. The summed E-state index contributed by atoms with van der Waals surface area (Å²) in [5.74, 6) is -1.67. The van der Waals surface area contributed by atoms with Gasteiger partial charge in [-0.15, -0.1) is 0 Å². The molecule has 1 aromatic rings. The molecule has 0 fully saturated rings. The zero-order valence-corrected chi connectivity index (χ0v) is 7.93. The van der Waals surface area contributed by atoms with E-state index in [1.807, 2.05) is 0 Å². The fourth-order valence-corrected chi connectivity index (χ4v) is 2.01. The van der Waals surface area contributed by atoms with Crippen molar-refractivity contribution in [3.63, 3.8) is 0 Å². The first-order valence-corrected chi connectivity index (χ1v) is 4.55. The third-order valence-electron chi connectivity index (χ3n) is 2.62. The maximum atomic E-state index is 12.7. The normalized spacial score (nSPS) is 19.9. The van der Waals surface area contributed by atoms with Crippen LogP contribution in [0.1, 0.15) is 39.8 Å². The molecule has 7 heteroatoms. The first-order valence-electron chi connectivity index (χ1n) is 4.55. The average molecular weight is 235 g/mol. The van der Waals surface area contributed by atoms with Gasteiger partial charge in [0, 0.05) is 11.3 Å². The first-order chi connectivity index (χ1) is 7.32. The van der Waals surface area contributed by atoms with E-state index in [0.717, 1.165) is 0 Å². The Morgan fingerprint density at radius 2 is 2.06 bits per heavy atom. The standard InChI is InChI=1S/C9H8F3NO3/c10-9(11,12)6-5-3(1-2-4(5)14)13-7(6)8(15)16/h4,13-14H,1-2H2,(H,15,16). The largest absolute Gasteiger partial charge is 0.477 e. The summed E-state index contributed by atoms with van der Waals surface area (Å²) >= 11 is 0. The number of hydrogen-bond donors (Lipinski definition) is 3. The van der Waals surface area contributed by atoms with Crippen molar-refractivity contribution in [3.8, 4) is 0 Å². The van der Waals surface area contributed by atoms with Crippen molar-refractivity contribution in [2.75, 3.05) is 0 Å². The van der Waals surface area contributed by atoms with Crippen LogP contribution in [0.3, 0.4) is 0 Å². The van der Waals surface area contributed by atoms with Crippen molar-refractivity contribution in [1.82, 2.24) is 4.98 Å². The Kier molecular flexibility index (Phi) is 2.23. The summed E-state index contributed by atoms with van der Waals surface area (Å²) < 4.78 is 38.0. The Hall–Kier alpha value is -1.50. The molecule has 16 heavy (non-hydrogen) atoms.